The predicted molar refractivity (Wildman–Crippen MR) is 39.3 cm³/mol. The molecule has 0 bridgehead atoms. The Labute approximate surface area is 72.6 Å². The van der Waals surface area contributed by atoms with Gasteiger partial charge in [0, 0.05) is 0 Å². The van der Waals surface area contributed by atoms with E-state index >= 15 is 0 Å². The normalized spacial score (nSPS) is 8.44. The molecule has 9 heavy (non-hydrogen) atoms. The van der Waals surface area contributed by atoms with Crippen molar-refractivity contribution < 1.29 is 16.5 Å². The van der Waals surface area contributed by atoms with Crippen LogP contribution >= 0.6 is 18.8 Å². The van der Waals surface area contributed by atoms with Crippen molar-refractivity contribution in [3.8, 4) is 0 Å². The van der Waals surface area contributed by atoms with Crippen molar-refractivity contribution in [3.05, 3.63) is 11.5 Å². The summed E-state index contributed by atoms with van der Waals surface area (Å²) in [6, 6.07) is 0. The molecule has 0 amide bonds. The molecule has 0 rings (SSSR count). The van der Waals surface area contributed by atoms with Crippen molar-refractivity contribution in [3.63, 3.8) is 0 Å². The summed E-state index contributed by atoms with van der Waals surface area (Å²) in [7, 11) is 9.75. The van der Waals surface area contributed by atoms with Crippen LogP contribution in [0.2, 0.25) is 0 Å². The zero-order chi connectivity index (χ0) is 7.54. The van der Waals surface area contributed by atoms with Gasteiger partial charge in [0.05, 0.1) is 0 Å². The topological polar surface area (TPSA) is 47.6 Å². The number of hydrogen-bond donors (Lipinski definition) is 0. The zero-order valence-corrected chi connectivity index (χ0v) is 8.68. The van der Waals surface area contributed by atoms with E-state index in [2.05, 4.69) is 0 Å². The molecular formula is C4H10Cl2N2Pt. The summed E-state index contributed by atoms with van der Waals surface area (Å²) in [5.41, 5.74) is 13.2. The van der Waals surface area contributed by atoms with Gasteiger partial charge in [-0.3, -0.25) is 0 Å². The van der Waals surface area contributed by atoms with Crippen molar-refractivity contribution in [1.82, 2.24) is 0 Å². The molecule has 2 N–H and O–H groups in total. The van der Waals surface area contributed by atoms with Gasteiger partial charge < -0.3 is 11.5 Å². The Bertz CT molecular complexity index is 35.7. The third kappa shape index (κ3) is 27.1. The maximum atomic E-state index is 6.62. The molecule has 0 unspecified atom stereocenters. The van der Waals surface area contributed by atoms with E-state index in [1.165, 1.54) is 0 Å². The fourth-order valence-electron chi connectivity index (χ4n) is 0.250. The van der Waals surface area contributed by atoms with Crippen LogP contribution in [0.5, 0.6) is 0 Å². The van der Waals surface area contributed by atoms with Crippen molar-refractivity contribution >= 4 is 18.8 Å². The Hall–Kier alpha value is 1.19. The minimum absolute atomic E-state index is 0.472. The molecular weight excluding hydrogens is 342 g/mol. The summed E-state index contributed by atoms with van der Waals surface area (Å²) >= 11 is -0.472. The first-order valence-corrected chi connectivity index (χ1v) is 8.08. The summed E-state index contributed by atoms with van der Waals surface area (Å²) in [5.74, 6) is 0. The van der Waals surface area contributed by atoms with Crippen molar-refractivity contribution in [2.24, 2.45) is 0 Å². The fraction of sp³-hybridized carbons (Fsp3) is 1.00. The van der Waals surface area contributed by atoms with E-state index in [1.54, 1.807) is 0 Å². The van der Waals surface area contributed by atoms with Gasteiger partial charge in [0.25, 0.3) is 0 Å². The van der Waals surface area contributed by atoms with Gasteiger partial charge >= 0.3 is 35.3 Å². The molecule has 60 valence electrons. The van der Waals surface area contributed by atoms with Gasteiger partial charge in [-0.2, -0.15) is 13.1 Å². The second-order valence-electron chi connectivity index (χ2n) is 1.25. The van der Waals surface area contributed by atoms with Gasteiger partial charge in [-0.25, -0.2) is 0 Å². The number of halogens is 2. The van der Waals surface area contributed by atoms with Crippen LogP contribution in [-0.2, 0) is 16.5 Å². The molecule has 0 heterocycles. The molecule has 0 atom stereocenters. The number of hydrogen-bond acceptors (Lipinski definition) is 0. The first-order chi connectivity index (χ1) is 4.33. The molecule has 0 aromatic carbocycles. The van der Waals surface area contributed by atoms with Crippen LogP contribution < -0.4 is 0 Å². The Morgan fingerprint density at radius 2 is 1.22 bits per heavy atom. The van der Waals surface area contributed by atoms with Crippen LogP contribution in [0.1, 0.15) is 12.8 Å². The third-order valence-corrected chi connectivity index (χ3v) is 0.604. The molecule has 0 saturated heterocycles. The molecule has 0 spiro atoms. The SMILES string of the molecule is [Cl][Pt+2][Cl].[NH-]CCCC[NH-]. The van der Waals surface area contributed by atoms with Crippen LogP contribution in [0.4, 0.5) is 0 Å². The Balaban J connectivity index is 0. The Morgan fingerprint density at radius 1 is 1.00 bits per heavy atom. The number of unbranched alkanes of at least 4 members (excludes halogenated alkanes) is 1. The second kappa shape index (κ2) is 16.1. The van der Waals surface area contributed by atoms with Gasteiger partial charge in [0.2, 0.25) is 0 Å². The first-order valence-electron chi connectivity index (χ1n) is 2.45. The number of nitrogens with one attached hydrogen (secondary N) is 2. The standard InChI is InChI=1S/C4H10N2.2ClH.Pt/c5-3-1-2-4-6;;;/h5-6H,1-4H2;2*1H;/q-2;;;+4/p-2. The van der Waals surface area contributed by atoms with Crippen LogP contribution in [0.15, 0.2) is 0 Å². The summed E-state index contributed by atoms with van der Waals surface area (Å²) in [5, 5.41) is 0. The Kier molecular flexibility index (Phi) is 22.9. The van der Waals surface area contributed by atoms with E-state index in [4.69, 9.17) is 30.3 Å². The van der Waals surface area contributed by atoms with E-state index in [0.29, 0.717) is 13.1 Å². The smallest absolute Gasteiger partial charge is 0.0741 e. The van der Waals surface area contributed by atoms with Gasteiger partial charge in [-0.05, 0) is 0 Å². The third-order valence-electron chi connectivity index (χ3n) is 0.604. The van der Waals surface area contributed by atoms with Crippen LogP contribution in [0, 0.1) is 0 Å². The largest absolute Gasteiger partial charge is 0.677 e. The average molecular weight is 352 g/mol. The monoisotopic (exact) mass is 351 g/mol. The molecule has 0 aliphatic carbocycles. The average Bonchev–Trinajstić information content (AvgIpc) is 1.86. The van der Waals surface area contributed by atoms with Gasteiger partial charge in [0.1, 0.15) is 0 Å². The van der Waals surface area contributed by atoms with E-state index in [1.807, 2.05) is 0 Å². The summed E-state index contributed by atoms with van der Waals surface area (Å²) in [4.78, 5) is 0. The first kappa shape index (κ1) is 12.8. The maximum absolute atomic E-state index is 6.62. The molecule has 0 aliphatic heterocycles. The van der Waals surface area contributed by atoms with Crippen molar-refractivity contribution in [2.45, 2.75) is 12.8 Å². The van der Waals surface area contributed by atoms with Crippen LogP contribution in [0.3, 0.4) is 0 Å². The van der Waals surface area contributed by atoms with Crippen LogP contribution in [0.25, 0.3) is 11.5 Å². The van der Waals surface area contributed by atoms with E-state index in [9.17, 15) is 0 Å². The molecule has 0 fully saturated rings. The van der Waals surface area contributed by atoms with E-state index < -0.39 is 16.5 Å². The summed E-state index contributed by atoms with van der Waals surface area (Å²) in [6.07, 6.45) is 1.78. The molecule has 2 nitrogen and oxygen atoms in total. The molecule has 0 radical (unpaired) electrons. The molecule has 0 aromatic rings. The second-order valence-corrected chi connectivity index (χ2v) is 4.54. The predicted octanol–water partition coefficient (Wildman–Crippen LogP) is 3.25. The number of rotatable bonds is 3. The molecule has 0 saturated carbocycles. The fourth-order valence-corrected chi connectivity index (χ4v) is 0.250. The van der Waals surface area contributed by atoms with E-state index in [0.717, 1.165) is 12.8 Å². The zero-order valence-electron chi connectivity index (χ0n) is 4.90. The van der Waals surface area contributed by atoms with E-state index in [-0.39, 0.29) is 0 Å². The van der Waals surface area contributed by atoms with Crippen LogP contribution in [-0.4, -0.2) is 13.1 Å². The molecule has 0 aromatic heterocycles. The summed E-state index contributed by atoms with van der Waals surface area (Å²) in [6.45, 7) is 0.970. The van der Waals surface area contributed by atoms with Gasteiger partial charge in [0.15, 0.2) is 0 Å². The quantitative estimate of drug-likeness (QED) is 0.701. The van der Waals surface area contributed by atoms with Crippen molar-refractivity contribution in [2.75, 3.05) is 13.1 Å². The van der Waals surface area contributed by atoms with Gasteiger partial charge in [-0.15, -0.1) is 0 Å². The summed E-state index contributed by atoms with van der Waals surface area (Å²) < 4.78 is 0. The Morgan fingerprint density at radius 3 is 1.33 bits per heavy atom. The molecule has 0 aliphatic rings. The minimum Gasteiger partial charge on any atom is -0.677 e. The minimum atomic E-state index is -0.472. The maximum Gasteiger partial charge on any atom is -0.0741 e. The van der Waals surface area contributed by atoms with Crippen molar-refractivity contribution in [1.29, 1.82) is 0 Å². The molecule has 5 heteroatoms. The van der Waals surface area contributed by atoms with Gasteiger partial charge in [-0.1, -0.05) is 12.8 Å².